The zero-order valence-electron chi connectivity index (χ0n) is 42.1. The van der Waals surface area contributed by atoms with Crippen LogP contribution in [0.4, 0.5) is 0 Å². The number of hydrogen-bond donors (Lipinski definition) is 0. The minimum absolute atomic E-state index is 0.632. The molecule has 13 aromatic rings. The molecule has 0 radical (unpaired) electrons. The Hall–Kier alpha value is -9.57. The van der Waals surface area contributed by atoms with Crippen molar-refractivity contribution < 1.29 is 0 Å². The summed E-state index contributed by atoms with van der Waals surface area (Å²) >= 11 is 0. The Morgan fingerprint density at radius 3 is 0.693 bits per heavy atom. The number of nitrogens with zero attached hydrogens (tertiary/aromatic N) is 3. The van der Waals surface area contributed by atoms with E-state index in [1.54, 1.807) is 0 Å². The van der Waals surface area contributed by atoms with Crippen LogP contribution in [0.3, 0.4) is 0 Å². The Morgan fingerprint density at radius 2 is 0.427 bits per heavy atom. The van der Waals surface area contributed by atoms with Crippen molar-refractivity contribution in [3.63, 3.8) is 0 Å². The van der Waals surface area contributed by atoms with Gasteiger partial charge in [0.2, 0.25) is 0 Å². The first-order chi connectivity index (χ1) is 36.9. The van der Waals surface area contributed by atoms with Crippen LogP contribution in [0.1, 0.15) is 16.7 Å². The predicted octanol–water partition coefficient (Wildman–Crippen LogP) is 19.3. The molecule has 3 heteroatoms. The molecule has 0 aliphatic rings. The highest BCUT2D eigenvalue weighted by Crippen LogP contribution is 2.38. The summed E-state index contributed by atoms with van der Waals surface area (Å²) in [6.07, 6.45) is 0. The molecule has 0 amide bonds. The first-order valence-electron chi connectivity index (χ1n) is 25.7. The molecule has 0 bridgehead atoms. The average molecular weight is 958 g/mol. The zero-order chi connectivity index (χ0) is 50.4. The van der Waals surface area contributed by atoms with Crippen LogP contribution < -0.4 is 0 Å². The van der Waals surface area contributed by atoms with Gasteiger partial charge in [0, 0.05) is 16.7 Å². The summed E-state index contributed by atoms with van der Waals surface area (Å²) in [5.41, 5.74) is 20.6. The van der Waals surface area contributed by atoms with E-state index in [1.165, 1.54) is 82.4 Å². The second-order valence-corrected chi connectivity index (χ2v) is 19.7. The molecule has 3 nitrogen and oxygen atoms in total. The van der Waals surface area contributed by atoms with Crippen LogP contribution in [0.15, 0.2) is 255 Å². The average Bonchev–Trinajstić information content (AvgIpc) is 3.47. The van der Waals surface area contributed by atoms with Crippen molar-refractivity contribution in [3.05, 3.63) is 271 Å². The summed E-state index contributed by atoms with van der Waals surface area (Å²) in [6, 6.07) is 91.8. The van der Waals surface area contributed by atoms with E-state index in [0.717, 1.165) is 50.1 Å². The lowest BCUT2D eigenvalue weighted by Crippen LogP contribution is -2.01. The van der Waals surface area contributed by atoms with Crippen molar-refractivity contribution in [1.29, 1.82) is 0 Å². The summed E-state index contributed by atoms with van der Waals surface area (Å²) in [4.78, 5) is 15.7. The standard InChI is InChI=1S/C72H51N3/c1-46-43-58(37-40-61(46)52-25-31-55(32-26-52)67-22-10-16-49-13-4-7-19-64(49)67)70-73-71(59-38-41-62(47(2)44-59)53-27-33-56(34-28-53)68-23-11-17-50-14-5-8-20-65(50)68)75-72(74-70)60-39-42-63(48(3)45-60)54-29-35-57(36-30-54)69-24-12-18-51-15-6-9-21-66(51)69/h4-45H,1-3H3. The highest BCUT2D eigenvalue weighted by atomic mass is 15.0. The van der Waals surface area contributed by atoms with Crippen LogP contribution in [0.2, 0.25) is 0 Å². The number of rotatable bonds is 9. The third-order valence-electron chi connectivity index (χ3n) is 15.0. The van der Waals surface area contributed by atoms with E-state index in [-0.39, 0.29) is 0 Å². The summed E-state index contributed by atoms with van der Waals surface area (Å²) in [6.45, 7) is 6.52. The maximum Gasteiger partial charge on any atom is 0.164 e. The molecular weight excluding hydrogens is 907 g/mol. The number of hydrogen-bond acceptors (Lipinski definition) is 3. The smallest absolute Gasteiger partial charge is 0.164 e. The molecule has 1 heterocycles. The topological polar surface area (TPSA) is 38.7 Å². The molecule has 1 aromatic heterocycles. The highest BCUT2D eigenvalue weighted by molar-refractivity contribution is 5.99. The quantitative estimate of drug-likeness (QED) is 0.145. The van der Waals surface area contributed by atoms with Gasteiger partial charge in [-0.05, 0) is 155 Å². The third-order valence-corrected chi connectivity index (χ3v) is 15.0. The molecule has 0 spiro atoms. The van der Waals surface area contributed by atoms with E-state index in [4.69, 9.17) is 15.0 Å². The van der Waals surface area contributed by atoms with Crippen molar-refractivity contribution in [3.8, 4) is 101 Å². The van der Waals surface area contributed by atoms with Crippen LogP contribution in [0, 0.1) is 20.8 Å². The Labute approximate surface area is 438 Å². The number of aryl methyl sites for hydroxylation is 3. The number of benzene rings is 12. The van der Waals surface area contributed by atoms with E-state index < -0.39 is 0 Å². The lowest BCUT2D eigenvalue weighted by molar-refractivity contribution is 1.07. The zero-order valence-corrected chi connectivity index (χ0v) is 42.1. The van der Waals surface area contributed by atoms with Gasteiger partial charge in [0.1, 0.15) is 0 Å². The lowest BCUT2D eigenvalue weighted by atomic mass is 9.94. The van der Waals surface area contributed by atoms with Crippen molar-refractivity contribution >= 4 is 32.3 Å². The molecule has 354 valence electrons. The molecule has 0 saturated heterocycles. The first kappa shape index (κ1) is 45.3. The fraction of sp³-hybridized carbons (Fsp3) is 0.0417. The highest BCUT2D eigenvalue weighted by Gasteiger charge is 2.17. The minimum atomic E-state index is 0.632. The Bertz CT molecular complexity index is 3830. The Kier molecular flexibility index (Phi) is 11.6. The van der Waals surface area contributed by atoms with Crippen molar-refractivity contribution in [1.82, 2.24) is 15.0 Å². The van der Waals surface area contributed by atoms with Gasteiger partial charge in [-0.3, -0.25) is 0 Å². The summed E-state index contributed by atoms with van der Waals surface area (Å²) in [5, 5.41) is 7.50. The second kappa shape index (κ2) is 19.1. The lowest BCUT2D eigenvalue weighted by Gasteiger charge is -2.14. The maximum absolute atomic E-state index is 5.24. The Morgan fingerprint density at radius 1 is 0.200 bits per heavy atom. The van der Waals surface area contributed by atoms with Gasteiger partial charge in [-0.25, -0.2) is 15.0 Å². The fourth-order valence-corrected chi connectivity index (χ4v) is 11.1. The molecule has 0 unspecified atom stereocenters. The second-order valence-electron chi connectivity index (χ2n) is 19.7. The van der Waals surface area contributed by atoms with Crippen LogP contribution >= 0.6 is 0 Å². The van der Waals surface area contributed by atoms with Crippen LogP contribution in [0.25, 0.3) is 133 Å². The van der Waals surface area contributed by atoms with Crippen LogP contribution in [-0.2, 0) is 0 Å². The van der Waals surface area contributed by atoms with Gasteiger partial charge in [0.05, 0.1) is 0 Å². The van der Waals surface area contributed by atoms with Crippen LogP contribution in [0.5, 0.6) is 0 Å². The SMILES string of the molecule is Cc1cc(-c2nc(-c3ccc(-c4ccc(-c5cccc6ccccc56)cc4)c(C)c3)nc(-c3ccc(-c4ccc(-c5cccc6ccccc56)cc4)c(C)c3)n2)ccc1-c1ccc(-c2cccc3ccccc23)cc1. The maximum atomic E-state index is 5.24. The number of fused-ring (bicyclic) bond motifs is 3. The summed E-state index contributed by atoms with van der Waals surface area (Å²) < 4.78 is 0. The van der Waals surface area contributed by atoms with Gasteiger partial charge >= 0.3 is 0 Å². The monoisotopic (exact) mass is 957 g/mol. The minimum Gasteiger partial charge on any atom is -0.208 e. The van der Waals surface area contributed by atoms with E-state index in [2.05, 4.69) is 276 Å². The molecule has 75 heavy (non-hydrogen) atoms. The third kappa shape index (κ3) is 8.65. The predicted molar refractivity (Wildman–Crippen MR) is 315 cm³/mol. The van der Waals surface area contributed by atoms with Gasteiger partial charge in [0.15, 0.2) is 17.5 Å². The van der Waals surface area contributed by atoms with Crippen molar-refractivity contribution in [2.75, 3.05) is 0 Å². The molecule has 0 aliphatic carbocycles. The summed E-state index contributed by atoms with van der Waals surface area (Å²) in [7, 11) is 0. The molecule has 0 atom stereocenters. The van der Waals surface area contributed by atoms with Gasteiger partial charge in [0.25, 0.3) is 0 Å². The molecule has 0 N–H and O–H groups in total. The molecule has 13 rings (SSSR count). The van der Waals surface area contributed by atoms with E-state index in [1.807, 2.05) is 0 Å². The Balaban J connectivity index is 0.844. The van der Waals surface area contributed by atoms with E-state index in [9.17, 15) is 0 Å². The van der Waals surface area contributed by atoms with Crippen molar-refractivity contribution in [2.24, 2.45) is 0 Å². The van der Waals surface area contributed by atoms with Crippen molar-refractivity contribution in [2.45, 2.75) is 20.8 Å². The van der Waals surface area contributed by atoms with Gasteiger partial charge in [-0.15, -0.1) is 0 Å². The van der Waals surface area contributed by atoms with E-state index in [0.29, 0.717) is 17.5 Å². The normalized spacial score (nSPS) is 11.4. The van der Waals surface area contributed by atoms with Gasteiger partial charge in [-0.1, -0.05) is 237 Å². The first-order valence-corrected chi connectivity index (χ1v) is 25.7. The van der Waals surface area contributed by atoms with Gasteiger partial charge < -0.3 is 0 Å². The van der Waals surface area contributed by atoms with E-state index >= 15 is 0 Å². The molecular formula is C72H51N3. The molecule has 0 fully saturated rings. The van der Waals surface area contributed by atoms with Gasteiger partial charge in [-0.2, -0.15) is 0 Å². The summed E-state index contributed by atoms with van der Waals surface area (Å²) in [5.74, 6) is 1.90. The molecule has 0 saturated carbocycles. The molecule has 0 aliphatic heterocycles. The fourth-order valence-electron chi connectivity index (χ4n) is 11.1. The van der Waals surface area contributed by atoms with Crippen LogP contribution in [-0.4, -0.2) is 15.0 Å². The molecule has 12 aromatic carbocycles. The largest absolute Gasteiger partial charge is 0.208 e. The number of aromatic nitrogens is 3.